The molecule has 84 valence electrons. The van der Waals surface area contributed by atoms with E-state index in [1.165, 1.54) is 5.56 Å². The summed E-state index contributed by atoms with van der Waals surface area (Å²) < 4.78 is 0. The fraction of sp³-hybridized carbons (Fsp3) is 0.583. The number of rotatable bonds is 5. The number of aromatic nitrogens is 1. The van der Waals surface area contributed by atoms with Crippen molar-refractivity contribution in [2.75, 3.05) is 13.6 Å². The molecule has 0 aliphatic rings. The average Bonchev–Trinajstić information content (AvgIpc) is 2.30. The average molecular weight is 207 g/mol. The molecule has 1 heterocycles. The van der Waals surface area contributed by atoms with Crippen LogP contribution in [0.2, 0.25) is 0 Å². The van der Waals surface area contributed by atoms with Crippen LogP contribution in [0.15, 0.2) is 24.5 Å². The van der Waals surface area contributed by atoms with E-state index in [1.807, 2.05) is 24.5 Å². The Labute approximate surface area is 92.3 Å². The zero-order valence-corrected chi connectivity index (χ0v) is 9.85. The lowest BCUT2D eigenvalue weighted by molar-refractivity contribution is 0.220. The first-order valence-electron chi connectivity index (χ1n) is 5.56. The molecule has 15 heavy (non-hydrogen) atoms. The molecular weight excluding hydrogens is 186 g/mol. The van der Waals surface area contributed by atoms with Crippen LogP contribution in [0.3, 0.4) is 0 Å². The minimum Gasteiger partial charge on any atom is -0.326 e. The molecule has 2 N–H and O–H groups in total. The number of likely N-dealkylation sites (N-methyl/N-ethyl adjacent to an activating group) is 1. The summed E-state index contributed by atoms with van der Waals surface area (Å²) in [7, 11) is 2.11. The zero-order valence-electron chi connectivity index (χ0n) is 9.85. The van der Waals surface area contributed by atoms with Gasteiger partial charge in [0.25, 0.3) is 0 Å². The van der Waals surface area contributed by atoms with Crippen molar-refractivity contribution in [2.24, 2.45) is 5.73 Å². The standard InChI is InChI=1S/C12H21N3/c1-4-11(13)12(15(3)5-2)10-6-8-14-9-7-10/h6-9,11-12H,4-5,13H2,1-3H3. The van der Waals surface area contributed by atoms with Gasteiger partial charge in [-0.2, -0.15) is 0 Å². The van der Waals surface area contributed by atoms with Crippen molar-refractivity contribution in [1.29, 1.82) is 0 Å². The van der Waals surface area contributed by atoms with Crippen LogP contribution in [0, 0.1) is 0 Å². The molecule has 2 atom stereocenters. The Morgan fingerprint density at radius 2 is 1.93 bits per heavy atom. The first-order valence-corrected chi connectivity index (χ1v) is 5.56. The molecular formula is C12H21N3. The van der Waals surface area contributed by atoms with Crippen LogP contribution in [-0.4, -0.2) is 29.5 Å². The highest BCUT2D eigenvalue weighted by Gasteiger charge is 2.21. The summed E-state index contributed by atoms with van der Waals surface area (Å²) in [6, 6.07) is 4.57. The predicted molar refractivity (Wildman–Crippen MR) is 63.5 cm³/mol. The molecule has 0 bridgehead atoms. The molecule has 0 aromatic carbocycles. The van der Waals surface area contributed by atoms with Crippen LogP contribution in [0.5, 0.6) is 0 Å². The molecule has 0 amide bonds. The van der Waals surface area contributed by atoms with Crippen LogP contribution in [0.25, 0.3) is 0 Å². The maximum absolute atomic E-state index is 6.16. The SMILES string of the molecule is CCC(N)C(c1ccncc1)N(C)CC. The molecule has 2 unspecified atom stereocenters. The lowest BCUT2D eigenvalue weighted by Crippen LogP contribution is -2.38. The lowest BCUT2D eigenvalue weighted by atomic mass is 9.98. The Morgan fingerprint density at radius 3 is 2.40 bits per heavy atom. The Morgan fingerprint density at radius 1 is 1.33 bits per heavy atom. The summed E-state index contributed by atoms with van der Waals surface area (Å²) in [6.07, 6.45) is 4.64. The Kier molecular flexibility index (Phi) is 4.72. The molecule has 0 aliphatic heterocycles. The maximum atomic E-state index is 6.16. The van der Waals surface area contributed by atoms with Gasteiger partial charge in [0.05, 0.1) is 0 Å². The van der Waals surface area contributed by atoms with E-state index in [9.17, 15) is 0 Å². The molecule has 0 saturated heterocycles. The summed E-state index contributed by atoms with van der Waals surface area (Å²) in [5, 5.41) is 0. The fourth-order valence-corrected chi connectivity index (χ4v) is 1.81. The predicted octanol–water partition coefficient (Wildman–Crippen LogP) is 1.81. The summed E-state index contributed by atoms with van der Waals surface area (Å²) in [6.45, 7) is 5.28. The van der Waals surface area contributed by atoms with Crippen molar-refractivity contribution in [3.63, 3.8) is 0 Å². The van der Waals surface area contributed by atoms with E-state index in [0.717, 1.165) is 13.0 Å². The third-order valence-corrected chi connectivity index (χ3v) is 2.90. The van der Waals surface area contributed by atoms with Gasteiger partial charge in [0.2, 0.25) is 0 Å². The highest BCUT2D eigenvalue weighted by atomic mass is 15.1. The van der Waals surface area contributed by atoms with Crippen molar-refractivity contribution in [2.45, 2.75) is 32.4 Å². The smallest absolute Gasteiger partial charge is 0.0497 e. The van der Waals surface area contributed by atoms with Gasteiger partial charge < -0.3 is 5.73 Å². The largest absolute Gasteiger partial charge is 0.326 e. The summed E-state index contributed by atoms with van der Waals surface area (Å²) >= 11 is 0. The molecule has 1 rings (SSSR count). The van der Waals surface area contributed by atoms with Crippen molar-refractivity contribution in [1.82, 2.24) is 9.88 Å². The molecule has 0 fully saturated rings. The van der Waals surface area contributed by atoms with E-state index in [0.29, 0.717) is 6.04 Å². The Balaban J connectivity index is 2.91. The molecule has 3 nitrogen and oxygen atoms in total. The topological polar surface area (TPSA) is 42.1 Å². The van der Waals surface area contributed by atoms with Gasteiger partial charge in [0, 0.05) is 24.5 Å². The first-order chi connectivity index (χ1) is 7.20. The Hall–Kier alpha value is -0.930. The van der Waals surface area contributed by atoms with E-state index >= 15 is 0 Å². The zero-order chi connectivity index (χ0) is 11.3. The second-order valence-corrected chi connectivity index (χ2v) is 3.87. The van der Waals surface area contributed by atoms with E-state index in [1.54, 1.807) is 0 Å². The van der Waals surface area contributed by atoms with E-state index in [2.05, 4.69) is 30.8 Å². The van der Waals surface area contributed by atoms with E-state index in [-0.39, 0.29) is 6.04 Å². The van der Waals surface area contributed by atoms with Gasteiger partial charge in [0.1, 0.15) is 0 Å². The van der Waals surface area contributed by atoms with E-state index < -0.39 is 0 Å². The van der Waals surface area contributed by atoms with Crippen molar-refractivity contribution >= 4 is 0 Å². The number of nitrogens with zero attached hydrogens (tertiary/aromatic N) is 2. The van der Waals surface area contributed by atoms with Gasteiger partial charge >= 0.3 is 0 Å². The van der Waals surface area contributed by atoms with Crippen molar-refractivity contribution < 1.29 is 0 Å². The van der Waals surface area contributed by atoms with Crippen LogP contribution >= 0.6 is 0 Å². The number of nitrogens with two attached hydrogens (primary N) is 1. The van der Waals surface area contributed by atoms with E-state index in [4.69, 9.17) is 5.73 Å². The second-order valence-electron chi connectivity index (χ2n) is 3.87. The fourth-order valence-electron chi connectivity index (χ4n) is 1.81. The van der Waals surface area contributed by atoms with Crippen LogP contribution in [0.4, 0.5) is 0 Å². The minimum absolute atomic E-state index is 0.178. The van der Waals surface area contributed by atoms with Gasteiger partial charge in [-0.15, -0.1) is 0 Å². The number of hydrogen-bond acceptors (Lipinski definition) is 3. The second kappa shape index (κ2) is 5.83. The van der Waals surface area contributed by atoms with Crippen molar-refractivity contribution in [3.05, 3.63) is 30.1 Å². The molecule has 0 radical (unpaired) electrons. The van der Waals surface area contributed by atoms with Gasteiger partial charge in [-0.1, -0.05) is 13.8 Å². The number of pyridine rings is 1. The summed E-state index contributed by atoms with van der Waals surface area (Å²) in [5.74, 6) is 0. The normalized spacial score (nSPS) is 15.3. The monoisotopic (exact) mass is 207 g/mol. The van der Waals surface area contributed by atoms with Gasteiger partial charge in [0.15, 0.2) is 0 Å². The molecule has 0 spiro atoms. The minimum atomic E-state index is 0.178. The van der Waals surface area contributed by atoms with Gasteiger partial charge in [-0.25, -0.2) is 0 Å². The molecule has 1 aromatic heterocycles. The first kappa shape index (κ1) is 12.1. The third kappa shape index (κ3) is 3.01. The highest BCUT2D eigenvalue weighted by molar-refractivity contribution is 5.17. The van der Waals surface area contributed by atoms with Crippen molar-refractivity contribution in [3.8, 4) is 0 Å². The maximum Gasteiger partial charge on any atom is 0.0497 e. The quantitative estimate of drug-likeness (QED) is 0.800. The molecule has 0 aliphatic carbocycles. The molecule has 3 heteroatoms. The third-order valence-electron chi connectivity index (χ3n) is 2.90. The number of hydrogen-bond donors (Lipinski definition) is 1. The highest BCUT2D eigenvalue weighted by Crippen LogP contribution is 2.22. The van der Waals surface area contributed by atoms with Crippen LogP contribution in [-0.2, 0) is 0 Å². The van der Waals surface area contributed by atoms with Gasteiger partial charge in [-0.3, -0.25) is 9.88 Å². The summed E-state index contributed by atoms with van der Waals surface area (Å²) in [4.78, 5) is 6.32. The molecule has 0 saturated carbocycles. The van der Waals surface area contributed by atoms with Crippen LogP contribution < -0.4 is 5.73 Å². The van der Waals surface area contributed by atoms with Gasteiger partial charge in [-0.05, 0) is 37.7 Å². The molecule has 1 aromatic rings. The summed E-state index contributed by atoms with van der Waals surface area (Å²) in [5.41, 5.74) is 7.42. The van der Waals surface area contributed by atoms with Crippen LogP contribution in [0.1, 0.15) is 31.9 Å². The Bertz CT molecular complexity index is 263. The lowest BCUT2D eigenvalue weighted by Gasteiger charge is -2.31.